The Hall–Kier alpha value is -3.27. The van der Waals surface area contributed by atoms with Crippen molar-refractivity contribution in [2.45, 2.75) is 24.9 Å². The SMILES string of the molecule is CN1CCC2CC1N(C)c1ccc(O)cc12.COC(N)=O.O=C(O)/C=C/C(=O)O. The fraction of sp³-hybridized carbons (Fsp3) is 0.421. The van der Waals surface area contributed by atoms with Crippen LogP contribution in [-0.2, 0) is 14.3 Å². The van der Waals surface area contributed by atoms with Crippen molar-refractivity contribution >= 4 is 23.7 Å². The molecule has 2 aliphatic rings. The average molecular weight is 409 g/mol. The van der Waals surface area contributed by atoms with Crippen molar-refractivity contribution in [2.24, 2.45) is 5.73 Å². The zero-order valence-corrected chi connectivity index (χ0v) is 16.6. The Balaban J connectivity index is 0.000000273. The summed E-state index contributed by atoms with van der Waals surface area (Å²) in [6.45, 7) is 1.15. The van der Waals surface area contributed by atoms with E-state index >= 15 is 0 Å². The minimum Gasteiger partial charge on any atom is -0.508 e. The molecule has 10 nitrogen and oxygen atoms in total. The Bertz CT molecular complexity index is 750. The number of ether oxygens (including phenoxy) is 1. The van der Waals surface area contributed by atoms with Gasteiger partial charge in [0.1, 0.15) is 5.75 Å². The van der Waals surface area contributed by atoms with Gasteiger partial charge in [-0.15, -0.1) is 0 Å². The van der Waals surface area contributed by atoms with Gasteiger partial charge in [-0.2, -0.15) is 0 Å². The van der Waals surface area contributed by atoms with E-state index in [2.05, 4.69) is 34.4 Å². The van der Waals surface area contributed by atoms with Crippen molar-refractivity contribution in [3.05, 3.63) is 35.9 Å². The van der Waals surface area contributed by atoms with E-state index < -0.39 is 18.0 Å². The van der Waals surface area contributed by atoms with E-state index in [1.54, 1.807) is 6.07 Å². The van der Waals surface area contributed by atoms with Crippen LogP contribution in [0.3, 0.4) is 0 Å². The number of carboxylic acids is 2. The number of hydrogen-bond donors (Lipinski definition) is 4. The van der Waals surface area contributed by atoms with E-state index in [9.17, 15) is 19.5 Å². The Morgan fingerprint density at radius 3 is 2.21 bits per heavy atom. The fourth-order valence-electron chi connectivity index (χ4n) is 3.29. The molecule has 3 rings (SSSR count). The van der Waals surface area contributed by atoms with E-state index in [0.29, 0.717) is 30.0 Å². The number of fused-ring (bicyclic) bond motifs is 4. The normalized spacial score (nSPS) is 19.8. The average Bonchev–Trinajstić information content (AvgIpc) is 2.66. The molecule has 0 spiro atoms. The molecule has 0 aromatic heterocycles. The van der Waals surface area contributed by atoms with Gasteiger partial charge in [0.05, 0.1) is 13.3 Å². The van der Waals surface area contributed by atoms with Crippen LogP contribution in [0.25, 0.3) is 0 Å². The van der Waals surface area contributed by atoms with Crippen LogP contribution in [0.2, 0.25) is 0 Å². The monoisotopic (exact) mass is 409 g/mol. The van der Waals surface area contributed by atoms with Gasteiger partial charge in [0, 0.05) is 31.4 Å². The summed E-state index contributed by atoms with van der Waals surface area (Å²) < 4.78 is 3.89. The summed E-state index contributed by atoms with van der Waals surface area (Å²) in [5, 5.41) is 25.2. The van der Waals surface area contributed by atoms with Crippen molar-refractivity contribution in [1.82, 2.24) is 4.90 Å². The number of aliphatic carboxylic acids is 2. The van der Waals surface area contributed by atoms with E-state index in [1.807, 2.05) is 12.1 Å². The van der Waals surface area contributed by atoms with Crippen LogP contribution in [-0.4, -0.2) is 72.2 Å². The molecule has 0 radical (unpaired) electrons. The number of amides is 1. The first-order valence-electron chi connectivity index (χ1n) is 8.80. The summed E-state index contributed by atoms with van der Waals surface area (Å²) in [5.74, 6) is -1.50. The van der Waals surface area contributed by atoms with Gasteiger partial charge in [0.25, 0.3) is 0 Å². The molecule has 2 atom stereocenters. The molecular formula is C19H27N3O7. The van der Waals surface area contributed by atoms with Gasteiger partial charge in [0.15, 0.2) is 0 Å². The first-order valence-corrected chi connectivity index (χ1v) is 8.80. The van der Waals surface area contributed by atoms with Gasteiger partial charge in [-0.05, 0) is 49.6 Å². The highest BCUT2D eigenvalue weighted by Gasteiger charge is 2.36. The quantitative estimate of drug-likeness (QED) is 0.531. The van der Waals surface area contributed by atoms with Gasteiger partial charge >= 0.3 is 18.0 Å². The number of likely N-dealkylation sites (tertiary alicyclic amines) is 1. The molecule has 2 bridgehead atoms. The van der Waals surface area contributed by atoms with Crippen molar-refractivity contribution in [2.75, 3.05) is 32.6 Å². The van der Waals surface area contributed by atoms with Gasteiger partial charge in [-0.3, -0.25) is 4.90 Å². The van der Waals surface area contributed by atoms with E-state index in [0.717, 1.165) is 6.54 Å². The molecule has 1 aromatic carbocycles. The number of benzene rings is 1. The lowest BCUT2D eigenvalue weighted by molar-refractivity contribution is -0.134. The van der Waals surface area contributed by atoms with Crippen LogP contribution in [0.4, 0.5) is 10.5 Å². The first-order chi connectivity index (χ1) is 13.6. The molecule has 0 aliphatic carbocycles. The molecule has 160 valence electrons. The van der Waals surface area contributed by atoms with Crippen molar-refractivity contribution < 1.29 is 34.4 Å². The second-order valence-corrected chi connectivity index (χ2v) is 6.57. The largest absolute Gasteiger partial charge is 0.508 e. The van der Waals surface area contributed by atoms with Crippen LogP contribution in [0.15, 0.2) is 30.4 Å². The summed E-state index contributed by atoms with van der Waals surface area (Å²) in [5.41, 5.74) is 7.04. The predicted octanol–water partition coefficient (Wildman–Crippen LogP) is 1.40. The number of piperidine rings is 1. The molecule has 1 saturated heterocycles. The third-order valence-corrected chi connectivity index (χ3v) is 4.68. The summed E-state index contributed by atoms with van der Waals surface area (Å²) in [6, 6.07) is 5.78. The smallest absolute Gasteiger partial charge is 0.404 e. The predicted molar refractivity (Wildman–Crippen MR) is 106 cm³/mol. The summed E-state index contributed by atoms with van der Waals surface area (Å²) in [7, 11) is 5.57. The fourth-order valence-corrected chi connectivity index (χ4v) is 3.29. The van der Waals surface area contributed by atoms with Crippen LogP contribution in [0.5, 0.6) is 5.75 Å². The second kappa shape index (κ2) is 10.9. The number of anilines is 1. The first kappa shape index (κ1) is 23.8. The van der Waals surface area contributed by atoms with Gasteiger partial charge < -0.3 is 30.7 Å². The summed E-state index contributed by atoms with van der Waals surface area (Å²) in [6.07, 6.45) is 3.28. The van der Waals surface area contributed by atoms with Crippen LogP contribution in [0, 0.1) is 0 Å². The van der Waals surface area contributed by atoms with Gasteiger partial charge in [-0.25, -0.2) is 14.4 Å². The molecule has 1 aromatic rings. The molecule has 29 heavy (non-hydrogen) atoms. The molecule has 1 amide bonds. The zero-order chi connectivity index (χ0) is 22.1. The van der Waals surface area contributed by atoms with Crippen molar-refractivity contribution in [3.8, 4) is 5.75 Å². The highest BCUT2D eigenvalue weighted by atomic mass is 16.5. The Kier molecular flexibility index (Phi) is 8.94. The van der Waals surface area contributed by atoms with E-state index in [-0.39, 0.29) is 0 Å². The van der Waals surface area contributed by atoms with Crippen LogP contribution < -0.4 is 10.6 Å². The minimum absolute atomic E-state index is 0.393. The summed E-state index contributed by atoms with van der Waals surface area (Å²) in [4.78, 5) is 33.2. The lowest BCUT2D eigenvalue weighted by Gasteiger charge is -2.48. The van der Waals surface area contributed by atoms with Crippen molar-refractivity contribution in [1.29, 1.82) is 0 Å². The molecule has 2 unspecified atom stereocenters. The minimum atomic E-state index is -1.26. The maximum absolute atomic E-state index is 9.59. The molecular weight excluding hydrogens is 382 g/mol. The molecule has 10 heteroatoms. The van der Waals surface area contributed by atoms with Gasteiger partial charge in [0.2, 0.25) is 0 Å². The number of phenols is 1. The molecule has 1 fully saturated rings. The highest BCUT2D eigenvalue weighted by molar-refractivity contribution is 5.89. The number of nitrogens with two attached hydrogens (primary N) is 1. The van der Waals surface area contributed by atoms with Crippen molar-refractivity contribution in [3.63, 3.8) is 0 Å². The number of rotatable bonds is 2. The summed E-state index contributed by atoms with van der Waals surface area (Å²) >= 11 is 0. The molecule has 5 N–H and O–H groups in total. The number of carbonyl (C=O) groups excluding carboxylic acids is 1. The van der Waals surface area contributed by atoms with E-state index in [4.69, 9.17) is 10.2 Å². The van der Waals surface area contributed by atoms with Crippen LogP contribution in [0.1, 0.15) is 24.3 Å². The number of phenolic OH excluding ortho intramolecular Hbond substituents is 1. The number of carboxylic acid groups (broad SMARTS) is 2. The molecule has 0 saturated carbocycles. The van der Waals surface area contributed by atoms with Gasteiger partial charge in [-0.1, -0.05) is 0 Å². The number of nitrogens with zero attached hydrogens (tertiary/aromatic N) is 2. The topological polar surface area (TPSA) is 154 Å². The Morgan fingerprint density at radius 2 is 1.72 bits per heavy atom. The molecule has 2 aliphatic heterocycles. The number of primary amides is 1. The number of carbonyl (C=O) groups is 3. The Morgan fingerprint density at radius 1 is 1.17 bits per heavy atom. The number of hydrogen-bond acceptors (Lipinski definition) is 7. The maximum atomic E-state index is 9.59. The maximum Gasteiger partial charge on any atom is 0.404 e. The lowest BCUT2D eigenvalue weighted by Crippen LogP contribution is -2.52. The zero-order valence-electron chi connectivity index (χ0n) is 16.6. The highest BCUT2D eigenvalue weighted by Crippen LogP contribution is 2.44. The van der Waals surface area contributed by atoms with Crippen LogP contribution >= 0.6 is 0 Å². The second-order valence-electron chi connectivity index (χ2n) is 6.57. The Labute approximate surface area is 168 Å². The lowest BCUT2D eigenvalue weighted by atomic mass is 9.83. The third-order valence-electron chi connectivity index (χ3n) is 4.68. The molecule has 2 heterocycles. The number of methoxy groups -OCH3 is 1. The third kappa shape index (κ3) is 7.34. The van der Waals surface area contributed by atoms with E-state index in [1.165, 1.54) is 31.2 Å². The standard InChI is InChI=1S/C13H18N2O.C4H4O4.C2H5NO2/c1-14-6-5-9-7-13(14)15(2)12-4-3-10(16)8-11(9)12;5-3(6)1-2-4(7)8;1-5-2(3)4/h3-4,8-9,13,16H,5-7H2,1-2H3;1-2H,(H,5,6)(H,7,8);1H3,(H2,3,4)/b;2-1+;. The number of aromatic hydroxyl groups is 1.